The number of hydrogen-bond donors (Lipinski definition) is 1. The van der Waals surface area contributed by atoms with Crippen LogP contribution in [0.25, 0.3) is 0 Å². The van der Waals surface area contributed by atoms with Crippen molar-refractivity contribution in [2.45, 2.75) is 25.1 Å². The number of hydrogen-bond acceptors (Lipinski definition) is 2. The lowest BCUT2D eigenvalue weighted by molar-refractivity contribution is -0.141. The predicted octanol–water partition coefficient (Wildman–Crippen LogP) is 3.35. The molecule has 0 bridgehead atoms. The molecule has 1 aliphatic rings. The minimum atomic E-state index is -4.37. The Hall–Kier alpha value is -0.520. The van der Waals surface area contributed by atoms with Crippen LogP contribution in [0.3, 0.4) is 0 Å². The maximum Gasteiger partial charge on any atom is 0.433 e. The number of nitrogens with zero attached hydrogens (tertiary/aromatic N) is 1. The third kappa shape index (κ3) is 4.01. The summed E-state index contributed by atoms with van der Waals surface area (Å²) in [5, 5.41) is 0. The van der Waals surface area contributed by atoms with E-state index in [0.29, 0.717) is 11.5 Å². The third-order valence-electron chi connectivity index (χ3n) is 2.59. The molecule has 1 aromatic heterocycles. The molecule has 1 fully saturated rings. The van der Waals surface area contributed by atoms with Crippen LogP contribution in [-0.2, 0) is 6.18 Å². The number of nitrogens with two attached hydrogens (primary N) is 1. The van der Waals surface area contributed by atoms with Crippen molar-refractivity contribution in [3.05, 3.63) is 29.6 Å². The Balaban J connectivity index is 0.00000128. The highest BCUT2D eigenvalue weighted by molar-refractivity contribution is 5.85. The molecule has 0 unspecified atom stereocenters. The lowest BCUT2D eigenvalue weighted by Crippen LogP contribution is -2.14. The molecule has 0 aliphatic heterocycles. The van der Waals surface area contributed by atoms with E-state index in [2.05, 4.69) is 4.98 Å². The molecule has 2 nitrogen and oxygen atoms in total. The molecular weight excluding hydrogens is 276 g/mol. The molecule has 1 atom stereocenters. The highest BCUT2D eigenvalue weighted by atomic mass is 35.5. The standard InChI is InChI=1S/C10H11F3N2.2ClH/c11-10(12,13)8-4-3-7(5-15-8)9(14)6-1-2-6;;/h3-6,9H,1-2,14H2;2*1H/t9-;;/m1../s1. The highest BCUT2D eigenvalue weighted by Crippen LogP contribution is 2.39. The van der Waals surface area contributed by atoms with Crippen LogP contribution in [0.1, 0.15) is 30.1 Å². The van der Waals surface area contributed by atoms with Gasteiger partial charge in [0.2, 0.25) is 0 Å². The van der Waals surface area contributed by atoms with Crippen molar-refractivity contribution in [2.75, 3.05) is 0 Å². The molecule has 0 aromatic carbocycles. The van der Waals surface area contributed by atoms with Gasteiger partial charge < -0.3 is 5.73 Å². The number of pyridine rings is 1. The SMILES string of the molecule is Cl.Cl.N[C@@H](c1ccc(C(F)(F)F)nc1)C1CC1. The van der Waals surface area contributed by atoms with Gasteiger partial charge in [-0.05, 0) is 30.4 Å². The second kappa shape index (κ2) is 5.89. The van der Waals surface area contributed by atoms with Crippen LogP contribution >= 0.6 is 24.8 Å². The van der Waals surface area contributed by atoms with Crippen LogP contribution < -0.4 is 5.73 Å². The van der Waals surface area contributed by atoms with Gasteiger partial charge in [0.05, 0.1) is 0 Å². The van der Waals surface area contributed by atoms with Crippen LogP contribution in [0, 0.1) is 5.92 Å². The summed E-state index contributed by atoms with van der Waals surface area (Å²) in [6.07, 6.45) is -1.03. The summed E-state index contributed by atoms with van der Waals surface area (Å²) in [5.41, 5.74) is 5.66. The first-order valence-corrected chi connectivity index (χ1v) is 4.77. The topological polar surface area (TPSA) is 38.9 Å². The van der Waals surface area contributed by atoms with Crippen LogP contribution in [0.4, 0.5) is 13.2 Å². The van der Waals surface area contributed by atoms with E-state index >= 15 is 0 Å². The summed E-state index contributed by atoms with van der Waals surface area (Å²) in [4.78, 5) is 3.38. The average molecular weight is 289 g/mol. The highest BCUT2D eigenvalue weighted by Gasteiger charge is 2.33. The van der Waals surface area contributed by atoms with Gasteiger partial charge in [0.15, 0.2) is 0 Å². The number of rotatable bonds is 2. The number of halogens is 5. The van der Waals surface area contributed by atoms with Crippen molar-refractivity contribution in [1.29, 1.82) is 0 Å². The Morgan fingerprint density at radius 2 is 1.82 bits per heavy atom. The molecular formula is C10H13Cl2F3N2. The Bertz CT molecular complexity index is 350. The van der Waals surface area contributed by atoms with Gasteiger partial charge in [0.25, 0.3) is 0 Å². The van der Waals surface area contributed by atoms with E-state index in [1.807, 2.05) is 0 Å². The first kappa shape index (κ1) is 16.5. The molecule has 1 heterocycles. The van der Waals surface area contributed by atoms with E-state index in [1.165, 1.54) is 12.3 Å². The van der Waals surface area contributed by atoms with Crippen molar-refractivity contribution < 1.29 is 13.2 Å². The zero-order chi connectivity index (χ0) is 11.1. The maximum atomic E-state index is 12.2. The maximum absolute atomic E-state index is 12.2. The van der Waals surface area contributed by atoms with Gasteiger partial charge in [-0.15, -0.1) is 24.8 Å². The zero-order valence-corrected chi connectivity index (χ0v) is 10.4. The normalized spacial score (nSPS) is 16.7. The molecule has 1 aromatic rings. The van der Waals surface area contributed by atoms with Crippen molar-refractivity contribution in [2.24, 2.45) is 11.7 Å². The molecule has 0 radical (unpaired) electrons. The van der Waals surface area contributed by atoms with Crippen LogP contribution in [0.5, 0.6) is 0 Å². The van der Waals surface area contributed by atoms with E-state index in [1.54, 1.807) is 0 Å². The molecule has 2 N–H and O–H groups in total. The minimum absolute atomic E-state index is 0. The van der Waals surface area contributed by atoms with Crippen molar-refractivity contribution in [1.82, 2.24) is 4.98 Å². The molecule has 7 heteroatoms. The zero-order valence-electron chi connectivity index (χ0n) is 8.78. The van der Waals surface area contributed by atoms with Gasteiger partial charge in [0, 0.05) is 12.2 Å². The van der Waals surface area contributed by atoms with Crippen LogP contribution in [-0.4, -0.2) is 4.98 Å². The fourth-order valence-electron chi connectivity index (χ4n) is 1.50. The molecule has 0 saturated heterocycles. The van der Waals surface area contributed by atoms with Crippen LogP contribution in [0.15, 0.2) is 18.3 Å². The van der Waals surface area contributed by atoms with Crippen molar-refractivity contribution in [3.8, 4) is 0 Å². The van der Waals surface area contributed by atoms with Gasteiger partial charge in [-0.25, -0.2) is 0 Å². The first-order valence-electron chi connectivity index (χ1n) is 4.77. The molecule has 0 amide bonds. The molecule has 1 saturated carbocycles. The van der Waals surface area contributed by atoms with Gasteiger partial charge in [-0.1, -0.05) is 6.07 Å². The van der Waals surface area contributed by atoms with E-state index < -0.39 is 11.9 Å². The Kier molecular flexibility index (Phi) is 5.71. The van der Waals surface area contributed by atoms with E-state index in [0.717, 1.165) is 18.9 Å². The summed E-state index contributed by atoms with van der Waals surface area (Å²) in [7, 11) is 0. The summed E-state index contributed by atoms with van der Waals surface area (Å²) >= 11 is 0. The van der Waals surface area contributed by atoms with Gasteiger partial charge in [-0.2, -0.15) is 13.2 Å². The fraction of sp³-hybridized carbons (Fsp3) is 0.500. The van der Waals surface area contributed by atoms with E-state index in [9.17, 15) is 13.2 Å². The summed E-state index contributed by atoms with van der Waals surface area (Å²) in [6.45, 7) is 0. The smallest absolute Gasteiger partial charge is 0.324 e. The average Bonchev–Trinajstić information content (AvgIpc) is 2.99. The molecule has 17 heavy (non-hydrogen) atoms. The van der Waals surface area contributed by atoms with Crippen LogP contribution in [0.2, 0.25) is 0 Å². The lowest BCUT2D eigenvalue weighted by Gasteiger charge is -2.11. The van der Waals surface area contributed by atoms with Crippen molar-refractivity contribution >= 4 is 24.8 Å². The predicted molar refractivity (Wildman–Crippen MR) is 63.4 cm³/mol. The van der Waals surface area contributed by atoms with Gasteiger partial charge in [-0.3, -0.25) is 4.98 Å². The second-order valence-corrected chi connectivity index (χ2v) is 3.84. The number of alkyl halides is 3. The molecule has 1 aliphatic carbocycles. The minimum Gasteiger partial charge on any atom is -0.324 e. The fourth-order valence-corrected chi connectivity index (χ4v) is 1.50. The van der Waals surface area contributed by atoms with E-state index in [4.69, 9.17) is 5.73 Å². The van der Waals surface area contributed by atoms with Gasteiger partial charge >= 0.3 is 6.18 Å². The third-order valence-corrected chi connectivity index (χ3v) is 2.59. The molecule has 0 spiro atoms. The largest absolute Gasteiger partial charge is 0.433 e. The molecule has 98 valence electrons. The first-order chi connectivity index (χ1) is 6.98. The second-order valence-electron chi connectivity index (χ2n) is 3.84. The summed E-state index contributed by atoms with van der Waals surface area (Å²) in [6, 6.07) is 2.23. The quantitative estimate of drug-likeness (QED) is 0.906. The lowest BCUT2D eigenvalue weighted by atomic mass is 10.1. The van der Waals surface area contributed by atoms with E-state index in [-0.39, 0.29) is 30.9 Å². The Morgan fingerprint density at radius 1 is 1.24 bits per heavy atom. The number of aromatic nitrogens is 1. The summed E-state index contributed by atoms with van der Waals surface area (Å²) < 4.78 is 36.6. The van der Waals surface area contributed by atoms with Gasteiger partial charge in [0.1, 0.15) is 5.69 Å². The Morgan fingerprint density at radius 3 is 2.18 bits per heavy atom. The summed E-state index contributed by atoms with van der Waals surface area (Å²) in [5.74, 6) is 0.420. The Labute approximate surface area is 110 Å². The van der Waals surface area contributed by atoms with Crippen molar-refractivity contribution in [3.63, 3.8) is 0 Å². The molecule has 2 rings (SSSR count). The monoisotopic (exact) mass is 288 g/mol.